The topological polar surface area (TPSA) is 83.1 Å². The highest BCUT2D eigenvalue weighted by Gasteiger charge is 2.39. The van der Waals surface area contributed by atoms with Crippen LogP contribution in [0.2, 0.25) is 0 Å². The normalized spacial score (nSPS) is 13.0. The van der Waals surface area contributed by atoms with Gasteiger partial charge in [-0.3, -0.25) is 4.72 Å². The molecule has 0 fully saturated rings. The van der Waals surface area contributed by atoms with E-state index in [-0.39, 0.29) is 34.3 Å². The molecule has 0 aromatic heterocycles. The maximum Gasteiger partial charge on any atom is 0.423 e. The van der Waals surface area contributed by atoms with Crippen LogP contribution in [0.15, 0.2) is 59.5 Å². The molecule has 7 nitrogen and oxygen atoms in total. The molecule has 0 radical (unpaired) electrons. The van der Waals surface area contributed by atoms with E-state index in [9.17, 15) is 21.6 Å². The summed E-state index contributed by atoms with van der Waals surface area (Å²) in [6, 6.07) is 12.8. The summed E-state index contributed by atoms with van der Waals surface area (Å²) < 4.78 is 89.8. The maximum atomic E-state index is 13.6. The summed E-state index contributed by atoms with van der Waals surface area (Å²) in [7, 11) is -1.81. The molecule has 1 N–H and O–H groups in total. The van der Waals surface area contributed by atoms with Crippen LogP contribution in [0.1, 0.15) is 5.56 Å². The van der Waals surface area contributed by atoms with Crippen LogP contribution in [0, 0.1) is 0 Å². The molecule has 0 unspecified atom stereocenters. The van der Waals surface area contributed by atoms with Gasteiger partial charge in [0.1, 0.15) is 17.1 Å². The van der Waals surface area contributed by atoms with Crippen molar-refractivity contribution in [2.45, 2.75) is 11.1 Å². The Labute approximate surface area is 187 Å². The summed E-state index contributed by atoms with van der Waals surface area (Å²) >= 11 is 0. The highest BCUT2D eigenvalue weighted by atomic mass is 32.2. The van der Waals surface area contributed by atoms with Crippen LogP contribution in [0.3, 0.4) is 0 Å². The minimum Gasteiger partial charge on any atom is -0.496 e. The molecule has 11 heteroatoms. The Hall–Kier alpha value is -3.60. The minimum atomic E-state index is -4.73. The van der Waals surface area contributed by atoms with Gasteiger partial charge in [0.25, 0.3) is 10.0 Å². The molecule has 33 heavy (non-hydrogen) atoms. The molecule has 1 aliphatic heterocycles. The molecule has 0 aliphatic carbocycles. The lowest BCUT2D eigenvalue weighted by Gasteiger charge is -2.19. The van der Waals surface area contributed by atoms with Gasteiger partial charge in [-0.25, -0.2) is 8.42 Å². The van der Waals surface area contributed by atoms with Crippen LogP contribution >= 0.6 is 0 Å². The van der Waals surface area contributed by atoms with Gasteiger partial charge in [-0.1, -0.05) is 18.2 Å². The zero-order valence-corrected chi connectivity index (χ0v) is 18.2. The second-order valence-corrected chi connectivity index (χ2v) is 8.61. The van der Waals surface area contributed by atoms with E-state index in [1.807, 2.05) is 0 Å². The van der Waals surface area contributed by atoms with Gasteiger partial charge in [0, 0.05) is 11.6 Å². The van der Waals surface area contributed by atoms with E-state index in [0.29, 0.717) is 5.75 Å². The average molecular weight is 481 g/mol. The number of nitrogens with one attached hydrogen (secondary N) is 1. The summed E-state index contributed by atoms with van der Waals surface area (Å²) in [6.45, 7) is -0.0800. The summed E-state index contributed by atoms with van der Waals surface area (Å²) in [5.74, 6) is -0.362. The van der Waals surface area contributed by atoms with Gasteiger partial charge in [0.05, 0.1) is 24.8 Å². The molecule has 0 atom stereocenters. The first kappa shape index (κ1) is 22.6. The molecule has 3 aromatic rings. The van der Waals surface area contributed by atoms with Crippen molar-refractivity contribution >= 4 is 15.7 Å². The standard InChI is InChI=1S/C22H18F3NO6S/c1-29-19-8-13(9-20(30-2)21(19)22(23,24)25)15-10-17-18(32-12-31-17)11-16(15)26-33(27,28)14-6-4-3-5-7-14/h3-11,26H,12H2,1-2H3. The summed E-state index contributed by atoms with van der Waals surface area (Å²) in [6.07, 6.45) is -4.73. The van der Waals surface area contributed by atoms with Crippen molar-refractivity contribution in [3.8, 4) is 34.1 Å². The number of sulfonamides is 1. The van der Waals surface area contributed by atoms with E-state index in [4.69, 9.17) is 18.9 Å². The van der Waals surface area contributed by atoms with E-state index >= 15 is 0 Å². The van der Waals surface area contributed by atoms with E-state index in [1.165, 1.54) is 24.3 Å². The molecule has 0 saturated carbocycles. The van der Waals surface area contributed by atoms with Gasteiger partial charge < -0.3 is 18.9 Å². The third kappa shape index (κ3) is 4.36. The quantitative estimate of drug-likeness (QED) is 0.538. The Morgan fingerprint density at radius 1 is 0.909 bits per heavy atom. The number of fused-ring (bicyclic) bond motifs is 1. The molecule has 0 saturated heterocycles. The molecule has 0 bridgehead atoms. The Morgan fingerprint density at radius 3 is 2.03 bits per heavy atom. The van der Waals surface area contributed by atoms with E-state index < -0.39 is 33.3 Å². The van der Waals surface area contributed by atoms with Crippen LogP contribution in [0.5, 0.6) is 23.0 Å². The molecule has 0 spiro atoms. The van der Waals surface area contributed by atoms with E-state index in [0.717, 1.165) is 26.4 Å². The molecule has 174 valence electrons. The van der Waals surface area contributed by atoms with Crippen molar-refractivity contribution in [1.82, 2.24) is 0 Å². The molecule has 0 amide bonds. The van der Waals surface area contributed by atoms with Crippen molar-refractivity contribution in [3.63, 3.8) is 0 Å². The third-order valence-corrected chi connectivity index (χ3v) is 6.29. The Balaban J connectivity index is 1.90. The highest BCUT2D eigenvalue weighted by molar-refractivity contribution is 7.92. The monoisotopic (exact) mass is 481 g/mol. The first-order valence-electron chi connectivity index (χ1n) is 9.49. The number of hydrogen-bond donors (Lipinski definition) is 1. The fraction of sp³-hybridized carbons (Fsp3) is 0.182. The van der Waals surface area contributed by atoms with E-state index in [2.05, 4.69) is 4.72 Å². The minimum absolute atomic E-state index is 0.0104. The molecular formula is C22H18F3NO6S. The summed E-state index contributed by atoms with van der Waals surface area (Å²) in [4.78, 5) is 0.0104. The third-order valence-electron chi connectivity index (χ3n) is 4.91. The van der Waals surface area contributed by atoms with Crippen LogP contribution in [-0.2, 0) is 16.2 Å². The lowest BCUT2D eigenvalue weighted by molar-refractivity contribution is -0.139. The summed E-state index contributed by atoms with van der Waals surface area (Å²) in [5.41, 5.74) is -0.555. The van der Waals surface area contributed by atoms with Crippen molar-refractivity contribution in [3.05, 3.63) is 60.2 Å². The molecule has 1 aliphatic rings. The Kier molecular flexibility index (Phi) is 5.75. The van der Waals surface area contributed by atoms with Crippen molar-refractivity contribution in [1.29, 1.82) is 0 Å². The number of ether oxygens (including phenoxy) is 4. The predicted molar refractivity (Wildman–Crippen MR) is 113 cm³/mol. The highest BCUT2D eigenvalue weighted by Crippen LogP contribution is 2.48. The fourth-order valence-electron chi connectivity index (χ4n) is 3.42. The summed E-state index contributed by atoms with van der Waals surface area (Å²) in [5, 5.41) is 0. The number of alkyl halides is 3. The lowest BCUT2D eigenvalue weighted by Crippen LogP contribution is -2.14. The number of benzene rings is 3. The smallest absolute Gasteiger partial charge is 0.423 e. The van der Waals surface area contributed by atoms with Gasteiger partial charge in [0.2, 0.25) is 6.79 Å². The van der Waals surface area contributed by atoms with Crippen molar-refractivity contribution in [2.75, 3.05) is 25.7 Å². The molecule has 4 rings (SSSR count). The van der Waals surface area contributed by atoms with Gasteiger partial charge in [-0.05, 0) is 35.9 Å². The predicted octanol–water partition coefficient (Wildman–Crippen LogP) is 4.92. The zero-order chi connectivity index (χ0) is 23.8. The van der Waals surface area contributed by atoms with Crippen LogP contribution < -0.4 is 23.7 Å². The maximum absolute atomic E-state index is 13.6. The fourth-order valence-corrected chi connectivity index (χ4v) is 4.51. The lowest BCUT2D eigenvalue weighted by atomic mass is 9.99. The van der Waals surface area contributed by atoms with Crippen LogP contribution in [0.25, 0.3) is 11.1 Å². The van der Waals surface area contributed by atoms with Crippen LogP contribution in [0.4, 0.5) is 18.9 Å². The van der Waals surface area contributed by atoms with Crippen molar-refractivity contribution in [2.24, 2.45) is 0 Å². The first-order valence-corrected chi connectivity index (χ1v) is 11.0. The largest absolute Gasteiger partial charge is 0.496 e. The Morgan fingerprint density at radius 2 is 1.48 bits per heavy atom. The van der Waals surface area contributed by atoms with Gasteiger partial charge in [-0.2, -0.15) is 13.2 Å². The molecule has 3 aromatic carbocycles. The van der Waals surface area contributed by atoms with Gasteiger partial charge >= 0.3 is 6.18 Å². The number of halogens is 3. The van der Waals surface area contributed by atoms with E-state index in [1.54, 1.807) is 18.2 Å². The number of hydrogen-bond acceptors (Lipinski definition) is 6. The van der Waals surface area contributed by atoms with Crippen molar-refractivity contribution < 1.29 is 40.5 Å². The average Bonchev–Trinajstić information content (AvgIpc) is 3.24. The molecular weight excluding hydrogens is 463 g/mol. The van der Waals surface area contributed by atoms with Crippen LogP contribution in [-0.4, -0.2) is 29.4 Å². The van der Waals surface area contributed by atoms with Gasteiger partial charge in [-0.15, -0.1) is 0 Å². The first-order chi connectivity index (χ1) is 15.6. The van der Waals surface area contributed by atoms with Gasteiger partial charge in [0.15, 0.2) is 11.5 Å². The number of methoxy groups -OCH3 is 2. The number of rotatable bonds is 6. The second kappa shape index (κ2) is 8.39. The zero-order valence-electron chi connectivity index (χ0n) is 17.4. The SMILES string of the molecule is COc1cc(-c2cc3c(cc2NS(=O)(=O)c2ccccc2)OCO3)cc(OC)c1C(F)(F)F. The second-order valence-electron chi connectivity index (χ2n) is 6.92. The molecule has 1 heterocycles. The number of anilines is 1. The Bertz CT molecular complexity index is 1270.